The third kappa shape index (κ3) is 3.32. The number of hydrogen-bond donors (Lipinski definition) is 1. The molecule has 0 saturated heterocycles. The molecule has 5 rings (SSSR count). The number of carbonyl (C=O) groups is 1. The Hall–Kier alpha value is -3.36. The molecule has 3 heterocycles. The summed E-state index contributed by atoms with van der Waals surface area (Å²) in [6, 6.07) is 15.8. The van der Waals surface area contributed by atoms with E-state index in [9.17, 15) is 9.18 Å². The topological polar surface area (TPSA) is 59.3 Å². The van der Waals surface area contributed by atoms with Gasteiger partial charge in [-0.25, -0.2) is 14.4 Å². The first kappa shape index (κ1) is 17.7. The molecule has 0 spiro atoms. The zero-order valence-corrected chi connectivity index (χ0v) is 16.5. The summed E-state index contributed by atoms with van der Waals surface area (Å²) >= 11 is 2.79. The lowest BCUT2D eigenvalue weighted by Crippen LogP contribution is -2.12. The van der Waals surface area contributed by atoms with E-state index >= 15 is 0 Å². The van der Waals surface area contributed by atoms with Crippen molar-refractivity contribution < 1.29 is 9.18 Å². The Kier molecular flexibility index (Phi) is 4.42. The van der Waals surface area contributed by atoms with E-state index in [-0.39, 0.29) is 11.7 Å². The Labute approximate surface area is 173 Å². The first-order chi connectivity index (χ1) is 14.2. The van der Waals surface area contributed by atoms with Gasteiger partial charge in [0.2, 0.25) is 0 Å². The molecule has 0 radical (unpaired) electrons. The average molecular weight is 420 g/mol. The van der Waals surface area contributed by atoms with Gasteiger partial charge in [0, 0.05) is 22.7 Å². The van der Waals surface area contributed by atoms with Crippen LogP contribution in [0.25, 0.3) is 26.8 Å². The molecule has 142 valence electrons. The minimum absolute atomic E-state index is 0.263. The lowest BCUT2D eigenvalue weighted by Gasteiger charge is -2.06. The second-order valence-corrected chi connectivity index (χ2v) is 8.12. The van der Waals surface area contributed by atoms with Crippen molar-refractivity contribution in [1.82, 2.24) is 14.4 Å². The smallest absolute Gasteiger partial charge is 0.268 e. The van der Waals surface area contributed by atoms with Crippen molar-refractivity contribution in [2.75, 3.05) is 5.32 Å². The number of nitrogens with zero attached hydrogens (tertiary/aromatic N) is 3. The fraction of sp³-hybridized carbons (Fsp3) is 0. The standard InChI is InChI=1S/C21H13FN4OS2/c22-15-8-6-13(7-9-15)17-18(26-10-11-28-21(26)24-17)25-19(27)16-12-23-20(29-16)14-4-2-1-3-5-14/h1-12H,(H,25,27). The van der Waals surface area contributed by atoms with Crippen molar-refractivity contribution in [1.29, 1.82) is 0 Å². The van der Waals surface area contributed by atoms with Crippen LogP contribution < -0.4 is 5.32 Å². The molecule has 1 N–H and O–H groups in total. The Morgan fingerprint density at radius 3 is 2.62 bits per heavy atom. The van der Waals surface area contributed by atoms with Gasteiger partial charge in [0.15, 0.2) is 4.96 Å². The number of nitrogens with one attached hydrogen (secondary N) is 1. The minimum atomic E-state index is -0.321. The second kappa shape index (κ2) is 7.23. The van der Waals surface area contributed by atoms with E-state index in [0.717, 1.165) is 21.1 Å². The molecule has 5 aromatic rings. The van der Waals surface area contributed by atoms with Gasteiger partial charge in [-0.2, -0.15) is 0 Å². The van der Waals surface area contributed by atoms with Crippen LogP contribution in [0.1, 0.15) is 9.67 Å². The molecule has 0 aliphatic rings. The molecule has 0 bridgehead atoms. The number of aromatic nitrogens is 3. The fourth-order valence-electron chi connectivity index (χ4n) is 2.98. The van der Waals surface area contributed by atoms with Crippen LogP contribution >= 0.6 is 22.7 Å². The van der Waals surface area contributed by atoms with Crippen LogP contribution in [0, 0.1) is 5.82 Å². The Balaban J connectivity index is 1.49. The maximum atomic E-state index is 13.3. The van der Waals surface area contributed by atoms with Gasteiger partial charge >= 0.3 is 0 Å². The molecular formula is C21H13FN4OS2. The van der Waals surface area contributed by atoms with Gasteiger partial charge in [-0.05, 0) is 24.3 Å². The number of thiazole rings is 2. The maximum Gasteiger partial charge on any atom is 0.268 e. The van der Waals surface area contributed by atoms with E-state index in [0.29, 0.717) is 16.4 Å². The zero-order chi connectivity index (χ0) is 19.8. The van der Waals surface area contributed by atoms with Crippen molar-refractivity contribution in [2.24, 2.45) is 0 Å². The van der Waals surface area contributed by atoms with Gasteiger partial charge in [-0.3, -0.25) is 9.20 Å². The highest BCUT2D eigenvalue weighted by Crippen LogP contribution is 2.32. The molecule has 0 unspecified atom stereocenters. The second-order valence-electron chi connectivity index (χ2n) is 6.22. The summed E-state index contributed by atoms with van der Waals surface area (Å²) in [6.07, 6.45) is 3.42. The highest BCUT2D eigenvalue weighted by molar-refractivity contribution is 7.17. The number of fused-ring (bicyclic) bond motifs is 1. The molecule has 1 amide bonds. The van der Waals surface area contributed by atoms with E-state index in [1.807, 2.05) is 46.3 Å². The van der Waals surface area contributed by atoms with Crippen molar-refractivity contribution in [2.45, 2.75) is 0 Å². The molecule has 0 fully saturated rings. The van der Waals surface area contributed by atoms with Gasteiger partial charge < -0.3 is 5.32 Å². The van der Waals surface area contributed by atoms with Crippen LogP contribution in [0.3, 0.4) is 0 Å². The predicted octanol–water partition coefficient (Wildman–Crippen LogP) is 5.58. The monoisotopic (exact) mass is 420 g/mol. The normalized spacial score (nSPS) is 11.1. The molecule has 29 heavy (non-hydrogen) atoms. The van der Waals surface area contributed by atoms with E-state index in [4.69, 9.17) is 0 Å². The van der Waals surface area contributed by atoms with Crippen LogP contribution in [0.5, 0.6) is 0 Å². The summed E-state index contributed by atoms with van der Waals surface area (Å²) in [6.45, 7) is 0. The molecule has 0 saturated carbocycles. The third-order valence-corrected chi connectivity index (χ3v) is 6.16. The van der Waals surface area contributed by atoms with Crippen LogP contribution in [-0.2, 0) is 0 Å². The van der Waals surface area contributed by atoms with Crippen LogP contribution in [0.2, 0.25) is 0 Å². The molecule has 5 nitrogen and oxygen atoms in total. The van der Waals surface area contributed by atoms with Crippen molar-refractivity contribution in [3.05, 3.63) is 83.1 Å². The van der Waals surface area contributed by atoms with Gasteiger partial charge in [0.05, 0.1) is 6.20 Å². The van der Waals surface area contributed by atoms with Crippen LogP contribution in [0.4, 0.5) is 10.2 Å². The molecule has 0 aliphatic heterocycles. The van der Waals surface area contributed by atoms with E-state index in [2.05, 4.69) is 15.3 Å². The Bertz CT molecular complexity index is 1310. The number of halogens is 1. The van der Waals surface area contributed by atoms with Crippen molar-refractivity contribution in [3.63, 3.8) is 0 Å². The predicted molar refractivity (Wildman–Crippen MR) is 114 cm³/mol. The van der Waals surface area contributed by atoms with Gasteiger partial charge in [-0.15, -0.1) is 22.7 Å². The molecule has 0 aliphatic carbocycles. The number of carbonyl (C=O) groups excluding carboxylic acids is 1. The SMILES string of the molecule is O=C(Nc1c(-c2ccc(F)cc2)nc2sccn12)c1cnc(-c2ccccc2)s1. The lowest BCUT2D eigenvalue weighted by atomic mass is 10.1. The number of hydrogen-bond acceptors (Lipinski definition) is 5. The largest absolute Gasteiger partial charge is 0.305 e. The van der Waals surface area contributed by atoms with E-state index < -0.39 is 0 Å². The van der Waals surface area contributed by atoms with E-state index in [1.54, 1.807) is 18.3 Å². The molecule has 2 aromatic carbocycles. The quantitative estimate of drug-likeness (QED) is 0.413. The summed E-state index contributed by atoms with van der Waals surface area (Å²) in [5.41, 5.74) is 2.29. The number of benzene rings is 2. The van der Waals surface area contributed by atoms with E-state index in [1.165, 1.54) is 34.8 Å². The number of amides is 1. The van der Waals surface area contributed by atoms with Crippen molar-refractivity contribution in [3.8, 4) is 21.8 Å². The molecular weight excluding hydrogens is 407 g/mol. The lowest BCUT2D eigenvalue weighted by molar-refractivity contribution is 0.103. The van der Waals surface area contributed by atoms with Gasteiger partial charge in [0.1, 0.15) is 27.2 Å². The zero-order valence-electron chi connectivity index (χ0n) is 14.9. The number of imidazole rings is 1. The maximum absolute atomic E-state index is 13.3. The molecule has 3 aromatic heterocycles. The minimum Gasteiger partial charge on any atom is -0.305 e. The van der Waals surface area contributed by atoms with Gasteiger partial charge in [0.25, 0.3) is 5.91 Å². The Morgan fingerprint density at radius 2 is 1.83 bits per heavy atom. The first-order valence-corrected chi connectivity index (χ1v) is 10.4. The molecule has 0 atom stereocenters. The van der Waals surface area contributed by atoms with Gasteiger partial charge in [-0.1, -0.05) is 30.3 Å². The Morgan fingerprint density at radius 1 is 1.03 bits per heavy atom. The first-order valence-electron chi connectivity index (χ1n) is 8.73. The summed E-state index contributed by atoms with van der Waals surface area (Å²) in [5, 5.41) is 5.64. The summed E-state index contributed by atoms with van der Waals surface area (Å²) < 4.78 is 15.1. The summed E-state index contributed by atoms with van der Waals surface area (Å²) in [5.74, 6) is -0.0352. The number of rotatable bonds is 4. The average Bonchev–Trinajstić information content (AvgIpc) is 3.47. The number of anilines is 1. The van der Waals surface area contributed by atoms with Crippen LogP contribution in [0.15, 0.2) is 72.4 Å². The third-order valence-electron chi connectivity index (χ3n) is 4.36. The fourth-order valence-corrected chi connectivity index (χ4v) is 4.51. The summed E-state index contributed by atoms with van der Waals surface area (Å²) in [7, 11) is 0. The molecule has 8 heteroatoms. The highest BCUT2D eigenvalue weighted by Gasteiger charge is 2.19. The highest BCUT2D eigenvalue weighted by atomic mass is 32.1. The van der Waals surface area contributed by atoms with Crippen LogP contribution in [-0.4, -0.2) is 20.3 Å². The summed E-state index contributed by atoms with van der Waals surface area (Å²) in [4.78, 5) is 23.1. The van der Waals surface area contributed by atoms with Crippen molar-refractivity contribution >= 4 is 39.4 Å².